The van der Waals surface area contributed by atoms with E-state index in [1.54, 1.807) is 16.9 Å². The second kappa shape index (κ2) is 10.3. The van der Waals surface area contributed by atoms with Crippen molar-refractivity contribution in [1.29, 1.82) is 0 Å². The Kier molecular flexibility index (Phi) is 6.94. The van der Waals surface area contributed by atoms with Crippen molar-refractivity contribution in [3.05, 3.63) is 53.6 Å². The fraction of sp³-hybridized carbons (Fsp3) is 0.500. The average Bonchev–Trinajstić information content (AvgIpc) is 3.41. The molecule has 1 atom stereocenters. The number of hydrogen-bond acceptors (Lipinski definition) is 4. The van der Waals surface area contributed by atoms with Crippen LogP contribution in [0.15, 0.2) is 36.5 Å². The molecule has 3 N–H and O–H groups in total. The Morgan fingerprint density at radius 3 is 2.25 bits per heavy atom. The third kappa shape index (κ3) is 4.68. The number of H-pyrrole nitrogens is 1. The molecule has 36 heavy (non-hydrogen) atoms. The molecule has 0 radical (unpaired) electrons. The van der Waals surface area contributed by atoms with Crippen LogP contribution in [0.2, 0.25) is 0 Å². The number of carbonyl (C=O) groups is 2. The lowest BCUT2D eigenvalue weighted by atomic mass is 9.62. The summed E-state index contributed by atoms with van der Waals surface area (Å²) in [4.78, 5) is 27.1. The van der Waals surface area contributed by atoms with Gasteiger partial charge in [0.15, 0.2) is 0 Å². The summed E-state index contributed by atoms with van der Waals surface area (Å²) in [6, 6.07) is 8.99. The summed E-state index contributed by atoms with van der Waals surface area (Å²) in [5.41, 5.74) is 5.31. The molecule has 190 valence electrons. The van der Waals surface area contributed by atoms with E-state index in [0.717, 1.165) is 53.9 Å². The Balaban J connectivity index is 1.38. The van der Waals surface area contributed by atoms with Gasteiger partial charge in [0.1, 0.15) is 11.7 Å². The predicted octanol–water partition coefficient (Wildman–Crippen LogP) is 4.86. The number of aryl methyl sites for hydroxylation is 3. The number of benzene rings is 1. The zero-order chi connectivity index (χ0) is 25.2. The lowest BCUT2D eigenvalue weighted by Gasteiger charge is -2.46. The van der Waals surface area contributed by atoms with Gasteiger partial charge in [0.2, 0.25) is 5.91 Å². The summed E-state index contributed by atoms with van der Waals surface area (Å²) in [5.74, 6) is 0.746. The summed E-state index contributed by atoms with van der Waals surface area (Å²) in [6.45, 7) is 6.54. The van der Waals surface area contributed by atoms with Gasteiger partial charge in [-0.3, -0.25) is 19.4 Å². The van der Waals surface area contributed by atoms with E-state index < -0.39 is 6.04 Å². The quantitative estimate of drug-likeness (QED) is 0.400. The number of nitrogens with zero attached hydrogens (tertiary/aromatic N) is 3. The van der Waals surface area contributed by atoms with E-state index in [-0.39, 0.29) is 17.7 Å². The van der Waals surface area contributed by atoms with Crippen molar-refractivity contribution in [2.45, 2.75) is 71.9 Å². The lowest BCUT2D eigenvalue weighted by Crippen LogP contribution is -2.54. The fourth-order valence-electron chi connectivity index (χ4n) is 5.82. The number of carbonyl (C=O) groups excluding carboxylic acids is 2. The van der Waals surface area contributed by atoms with Crippen LogP contribution in [0.1, 0.15) is 67.3 Å². The van der Waals surface area contributed by atoms with E-state index in [1.807, 2.05) is 45.0 Å². The molecule has 8 heteroatoms. The molecule has 2 fully saturated rings. The molecule has 0 saturated heterocycles. The first-order valence-corrected chi connectivity index (χ1v) is 13.2. The van der Waals surface area contributed by atoms with Gasteiger partial charge in [0, 0.05) is 29.7 Å². The highest BCUT2D eigenvalue weighted by Crippen LogP contribution is 2.46. The Hall–Kier alpha value is -3.42. The number of anilines is 1. The molecular weight excluding hydrogens is 452 g/mol. The van der Waals surface area contributed by atoms with Crippen LogP contribution in [-0.4, -0.2) is 37.8 Å². The molecule has 5 rings (SSSR count). The smallest absolute Gasteiger partial charge is 0.270 e. The van der Waals surface area contributed by atoms with E-state index in [0.29, 0.717) is 24.1 Å². The molecule has 0 spiro atoms. The van der Waals surface area contributed by atoms with Gasteiger partial charge in [-0.1, -0.05) is 50.7 Å². The van der Waals surface area contributed by atoms with Crippen LogP contribution in [0.5, 0.6) is 0 Å². The predicted molar refractivity (Wildman–Crippen MR) is 139 cm³/mol. The van der Waals surface area contributed by atoms with Crippen LogP contribution in [-0.2, 0) is 11.3 Å². The highest BCUT2D eigenvalue weighted by Gasteiger charge is 2.44. The topological polar surface area (TPSA) is 105 Å². The fourth-order valence-corrected chi connectivity index (χ4v) is 5.82. The second-order valence-corrected chi connectivity index (χ2v) is 10.3. The average molecular weight is 489 g/mol. The van der Waals surface area contributed by atoms with Gasteiger partial charge < -0.3 is 10.6 Å². The molecule has 1 aromatic carbocycles. The maximum Gasteiger partial charge on any atom is 0.270 e. The summed E-state index contributed by atoms with van der Waals surface area (Å²) < 4.78 is 1.67. The zero-order valence-electron chi connectivity index (χ0n) is 21.4. The van der Waals surface area contributed by atoms with Gasteiger partial charge in [-0.15, -0.1) is 0 Å². The highest BCUT2D eigenvalue weighted by atomic mass is 16.2. The minimum Gasteiger partial charge on any atom is -0.339 e. The van der Waals surface area contributed by atoms with Gasteiger partial charge in [-0.2, -0.15) is 10.2 Å². The van der Waals surface area contributed by atoms with Gasteiger partial charge in [-0.05, 0) is 62.3 Å². The van der Waals surface area contributed by atoms with Crippen molar-refractivity contribution in [3.63, 3.8) is 0 Å². The van der Waals surface area contributed by atoms with Gasteiger partial charge in [0.25, 0.3) is 5.91 Å². The number of amides is 2. The van der Waals surface area contributed by atoms with Gasteiger partial charge >= 0.3 is 0 Å². The summed E-state index contributed by atoms with van der Waals surface area (Å²) in [6.07, 6.45) is 8.56. The van der Waals surface area contributed by atoms with Crippen molar-refractivity contribution in [1.82, 2.24) is 25.3 Å². The number of rotatable bonds is 9. The van der Waals surface area contributed by atoms with Crippen molar-refractivity contribution < 1.29 is 9.59 Å². The SMILES string of the molecule is CCn1nccc1C(=O)N[C@H](C(=O)Nc1ccc(-c2c(C)n[nH]c2C)cc1)C(C1CCC1)C1CCC1. The third-order valence-corrected chi connectivity index (χ3v) is 8.16. The molecule has 0 unspecified atom stereocenters. The van der Waals surface area contributed by atoms with Gasteiger partial charge in [-0.25, -0.2) is 0 Å². The monoisotopic (exact) mass is 488 g/mol. The first kappa shape index (κ1) is 24.3. The highest BCUT2D eigenvalue weighted by molar-refractivity contribution is 6.00. The lowest BCUT2D eigenvalue weighted by molar-refractivity contribution is -0.121. The van der Waals surface area contributed by atoms with E-state index in [4.69, 9.17) is 0 Å². The van der Waals surface area contributed by atoms with Crippen LogP contribution >= 0.6 is 0 Å². The number of hydrogen-bond donors (Lipinski definition) is 3. The summed E-state index contributed by atoms with van der Waals surface area (Å²) >= 11 is 0. The zero-order valence-corrected chi connectivity index (χ0v) is 21.4. The molecule has 3 aromatic rings. The number of nitrogens with one attached hydrogen (secondary N) is 3. The molecule has 8 nitrogen and oxygen atoms in total. The maximum atomic E-state index is 13.8. The van der Waals surface area contributed by atoms with E-state index in [2.05, 4.69) is 25.9 Å². The molecule has 0 aliphatic heterocycles. The first-order valence-electron chi connectivity index (χ1n) is 13.2. The standard InChI is InChI=1S/C28H36N6O2/c1-4-34-23(15-16-29-34)27(35)31-26(25(19-7-5-8-19)20-9-6-10-20)28(36)30-22-13-11-21(12-14-22)24-17(2)32-33-18(24)3/h11-16,19-20,25-26H,4-10H2,1-3H3,(H,30,36)(H,31,35)(H,32,33)/t26-/m0/s1. The van der Waals surface area contributed by atoms with E-state index in [9.17, 15) is 9.59 Å². The Labute approximate surface area is 212 Å². The first-order chi connectivity index (χ1) is 17.5. The minimum absolute atomic E-state index is 0.141. The summed E-state index contributed by atoms with van der Waals surface area (Å²) in [5, 5.41) is 17.8. The second-order valence-electron chi connectivity index (χ2n) is 10.3. The number of aromatic nitrogens is 4. The van der Waals surface area contributed by atoms with E-state index >= 15 is 0 Å². The Bertz CT molecular complexity index is 1190. The van der Waals surface area contributed by atoms with Crippen LogP contribution in [0.3, 0.4) is 0 Å². The Morgan fingerprint density at radius 1 is 1.06 bits per heavy atom. The molecule has 2 aliphatic rings. The van der Waals surface area contributed by atoms with Crippen LogP contribution in [0.25, 0.3) is 11.1 Å². The van der Waals surface area contributed by atoms with Crippen molar-refractivity contribution >= 4 is 17.5 Å². The van der Waals surface area contributed by atoms with Crippen molar-refractivity contribution in [2.75, 3.05) is 5.32 Å². The van der Waals surface area contributed by atoms with Crippen molar-refractivity contribution in [2.24, 2.45) is 17.8 Å². The normalized spacial score (nSPS) is 16.9. The molecule has 2 aromatic heterocycles. The number of aromatic amines is 1. The van der Waals surface area contributed by atoms with Gasteiger partial charge in [0.05, 0.1) is 5.69 Å². The molecule has 2 aliphatic carbocycles. The molecule has 0 bridgehead atoms. The molecule has 2 heterocycles. The molecule has 2 saturated carbocycles. The summed E-state index contributed by atoms with van der Waals surface area (Å²) in [7, 11) is 0. The maximum absolute atomic E-state index is 13.8. The van der Waals surface area contributed by atoms with Crippen molar-refractivity contribution in [3.8, 4) is 11.1 Å². The Morgan fingerprint density at radius 2 is 1.72 bits per heavy atom. The largest absolute Gasteiger partial charge is 0.339 e. The third-order valence-electron chi connectivity index (χ3n) is 8.16. The van der Waals surface area contributed by atoms with E-state index in [1.165, 1.54) is 12.8 Å². The van der Waals surface area contributed by atoms with Crippen LogP contribution in [0, 0.1) is 31.6 Å². The molecular formula is C28H36N6O2. The van der Waals surface area contributed by atoms with Crippen LogP contribution in [0.4, 0.5) is 5.69 Å². The molecule has 2 amide bonds. The van der Waals surface area contributed by atoms with Crippen LogP contribution < -0.4 is 10.6 Å². The minimum atomic E-state index is -0.577.